The standard InChI is InChI=1S/C33H38N2O2S/c1-32(2)25-16-7-9-18-27(25)34(5)29(32)20-11-14-24(38-6)15-12-21-30-33(3,4)26-17-8-10-19-28(26)35(30)23-13-22-31(36)37/h7-12,14-21H,13,22-23H2,1-6H3/p+1. The predicted octanol–water partition coefficient (Wildman–Crippen LogP) is 7.60. The van der Waals surface area contributed by atoms with Crippen LogP contribution in [0.2, 0.25) is 0 Å². The molecule has 0 amide bonds. The van der Waals surface area contributed by atoms with Gasteiger partial charge in [-0.15, -0.1) is 11.8 Å². The van der Waals surface area contributed by atoms with E-state index < -0.39 is 5.97 Å². The summed E-state index contributed by atoms with van der Waals surface area (Å²) < 4.78 is 2.29. The molecule has 2 aliphatic rings. The van der Waals surface area contributed by atoms with E-state index >= 15 is 0 Å². The van der Waals surface area contributed by atoms with Crippen LogP contribution in [0.3, 0.4) is 0 Å². The number of rotatable bonds is 9. The minimum atomic E-state index is -0.751. The number of carboxylic acids is 1. The summed E-state index contributed by atoms with van der Waals surface area (Å²) in [5.41, 5.74) is 7.36. The minimum Gasteiger partial charge on any atom is -0.481 e. The molecule has 0 spiro atoms. The van der Waals surface area contributed by atoms with Crippen LogP contribution in [0.4, 0.5) is 11.4 Å². The van der Waals surface area contributed by atoms with E-state index in [1.807, 2.05) is 0 Å². The number of carbonyl (C=O) groups is 1. The number of fused-ring (bicyclic) bond motifs is 2. The lowest BCUT2D eigenvalue weighted by Crippen LogP contribution is -2.27. The van der Waals surface area contributed by atoms with Gasteiger partial charge in [0.25, 0.3) is 0 Å². The molecule has 0 unspecified atom stereocenters. The third kappa shape index (κ3) is 5.30. The molecular formula is C33H39N2O2S+. The molecule has 2 aromatic rings. The number of hydrogen-bond donors (Lipinski definition) is 1. The first kappa shape index (κ1) is 27.7. The molecule has 0 saturated carbocycles. The zero-order chi connectivity index (χ0) is 27.5. The van der Waals surface area contributed by atoms with E-state index in [-0.39, 0.29) is 17.3 Å². The van der Waals surface area contributed by atoms with Gasteiger partial charge in [0.1, 0.15) is 7.05 Å². The van der Waals surface area contributed by atoms with E-state index in [9.17, 15) is 4.79 Å². The first-order valence-corrected chi connectivity index (χ1v) is 14.4. The Kier molecular flexibility index (Phi) is 8.17. The summed E-state index contributed by atoms with van der Waals surface area (Å²) in [5, 5.41) is 9.15. The Morgan fingerprint density at radius 2 is 1.68 bits per heavy atom. The normalized spacial score (nSPS) is 19.2. The maximum atomic E-state index is 11.1. The average Bonchev–Trinajstić information content (AvgIpc) is 3.22. The molecule has 4 rings (SSSR count). The summed E-state index contributed by atoms with van der Waals surface area (Å²) >= 11 is 1.72. The third-order valence-corrected chi connectivity index (χ3v) is 8.52. The summed E-state index contributed by atoms with van der Waals surface area (Å²) in [6.45, 7) is 9.73. The van der Waals surface area contributed by atoms with Gasteiger partial charge >= 0.3 is 5.97 Å². The molecule has 1 N–H and O–H groups in total. The number of allylic oxidation sites excluding steroid dienone is 7. The monoisotopic (exact) mass is 527 g/mol. The van der Waals surface area contributed by atoms with Gasteiger partial charge in [0.15, 0.2) is 5.71 Å². The molecule has 0 radical (unpaired) electrons. The van der Waals surface area contributed by atoms with Crippen molar-refractivity contribution in [2.45, 2.75) is 51.4 Å². The van der Waals surface area contributed by atoms with E-state index in [1.54, 1.807) is 11.8 Å². The lowest BCUT2D eigenvalue weighted by Gasteiger charge is -2.27. The molecule has 0 fully saturated rings. The summed E-state index contributed by atoms with van der Waals surface area (Å²) in [4.78, 5) is 14.6. The van der Waals surface area contributed by atoms with Crippen LogP contribution in [-0.4, -0.2) is 41.2 Å². The second kappa shape index (κ2) is 11.2. The van der Waals surface area contributed by atoms with Crippen molar-refractivity contribution in [3.63, 3.8) is 0 Å². The van der Waals surface area contributed by atoms with Crippen molar-refractivity contribution in [1.82, 2.24) is 0 Å². The fourth-order valence-corrected chi connectivity index (χ4v) is 6.16. The number of hydrogen-bond acceptors (Lipinski definition) is 3. The van der Waals surface area contributed by atoms with Crippen LogP contribution in [-0.2, 0) is 15.6 Å². The first-order chi connectivity index (χ1) is 18.1. The Balaban J connectivity index is 1.56. The highest BCUT2D eigenvalue weighted by molar-refractivity contribution is 8.02. The van der Waals surface area contributed by atoms with Gasteiger partial charge in [-0.05, 0) is 56.4 Å². The molecule has 4 nitrogen and oxygen atoms in total. The second-order valence-corrected chi connectivity index (χ2v) is 11.8. The van der Waals surface area contributed by atoms with E-state index in [0.29, 0.717) is 13.0 Å². The van der Waals surface area contributed by atoms with Gasteiger partial charge in [-0.1, -0.05) is 62.4 Å². The van der Waals surface area contributed by atoms with Crippen LogP contribution >= 0.6 is 11.8 Å². The largest absolute Gasteiger partial charge is 0.481 e. The Morgan fingerprint density at radius 3 is 2.37 bits per heavy atom. The zero-order valence-electron chi connectivity index (χ0n) is 23.4. The van der Waals surface area contributed by atoms with Gasteiger partial charge < -0.3 is 10.0 Å². The predicted molar refractivity (Wildman–Crippen MR) is 162 cm³/mol. The van der Waals surface area contributed by atoms with Crippen molar-refractivity contribution in [3.05, 3.63) is 107 Å². The number of thioether (sulfide) groups is 1. The van der Waals surface area contributed by atoms with Crippen LogP contribution in [0.15, 0.2) is 95.6 Å². The Labute approximate surface area is 231 Å². The lowest BCUT2D eigenvalue weighted by molar-refractivity contribution is -0.401. The van der Waals surface area contributed by atoms with Crippen molar-refractivity contribution >= 4 is 34.8 Å². The van der Waals surface area contributed by atoms with E-state index in [2.05, 4.69) is 135 Å². The quantitative estimate of drug-likeness (QED) is 0.269. The van der Waals surface area contributed by atoms with Crippen molar-refractivity contribution in [1.29, 1.82) is 0 Å². The summed E-state index contributed by atoms with van der Waals surface area (Å²) in [6, 6.07) is 17.1. The Morgan fingerprint density at radius 1 is 1.00 bits per heavy atom. The minimum absolute atomic E-state index is 0.0391. The van der Waals surface area contributed by atoms with Crippen molar-refractivity contribution in [2.75, 3.05) is 24.7 Å². The Hall–Kier alpha value is -3.31. The first-order valence-electron chi connectivity index (χ1n) is 13.2. The topological polar surface area (TPSA) is 43.5 Å². The van der Waals surface area contributed by atoms with Crippen LogP contribution in [0.5, 0.6) is 0 Å². The van der Waals surface area contributed by atoms with Gasteiger partial charge in [-0.2, -0.15) is 4.58 Å². The SMILES string of the molecule is CSC(=C\C=C\C1=[N+](C)c2ccccc2C1(C)C)/C=C/C=C1/N(CCCC(=O)O)c2ccccc2C1(C)C. The van der Waals surface area contributed by atoms with Crippen molar-refractivity contribution in [2.24, 2.45) is 0 Å². The maximum absolute atomic E-state index is 11.1. The molecule has 0 bridgehead atoms. The van der Waals surface area contributed by atoms with E-state index in [1.165, 1.54) is 38.8 Å². The smallest absolute Gasteiger partial charge is 0.303 e. The van der Waals surface area contributed by atoms with Gasteiger partial charge in [0.05, 0.1) is 5.41 Å². The van der Waals surface area contributed by atoms with Gasteiger partial charge in [-0.25, -0.2) is 0 Å². The highest BCUT2D eigenvalue weighted by Gasteiger charge is 2.42. The maximum Gasteiger partial charge on any atom is 0.303 e. The fraction of sp³-hybridized carbons (Fsp3) is 0.333. The molecule has 38 heavy (non-hydrogen) atoms. The van der Waals surface area contributed by atoms with Crippen LogP contribution in [0.25, 0.3) is 0 Å². The molecule has 2 aromatic carbocycles. The number of anilines is 1. The van der Waals surface area contributed by atoms with Crippen molar-refractivity contribution < 1.29 is 14.5 Å². The third-order valence-electron chi connectivity index (χ3n) is 7.78. The molecule has 0 aliphatic carbocycles. The highest BCUT2D eigenvalue weighted by Crippen LogP contribution is 2.47. The van der Waals surface area contributed by atoms with Crippen LogP contribution < -0.4 is 4.90 Å². The molecular weight excluding hydrogens is 488 g/mol. The van der Waals surface area contributed by atoms with Crippen LogP contribution in [0, 0.1) is 0 Å². The average molecular weight is 528 g/mol. The lowest BCUT2D eigenvalue weighted by atomic mass is 9.81. The molecule has 0 saturated heterocycles. The highest BCUT2D eigenvalue weighted by atomic mass is 32.2. The molecule has 0 aromatic heterocycles. The number of benzene rings is 2. The van der Waals surface area contributed by atoms with Crippen molar-refractivity contribution in [3.8, 4) is 0 Å². The molecule has 2 heterocycles. The van der Waals surface area contributed by atoms with E-state index in [0.717, 1.165) is 0 Å². The molecule has 0 atom stereocenters. The van der Waals surface area contributed by atoms with Gasteiger partial charge in [0, 0.05) is 52.4 Å². The number of aliphatic carboxylic acids is 1. The van der Waals surface area contributed by atoms with E-state index in [4.69, 9.17) is 5.11 Å². The number of nitrogens with zero attached hydrogens (tertiary/aromatic N) is 2. The van der Waals surface area contributed by atoms with Gasteiger partial charge in [0.2, 0.25) is 5.69 Å². The second-order valence-electron chi connectivity index (χ2n) is 10.9. The number of carboxylic acid groups (broad SMARTS) is 1. The van der Waals surface area contributed by atoms with Crippen LogP contribution in [0.1, 0.15) is 51.7 Å². The Bertz CT molecular complexity index is 1370. The molecule has 5 heteroatoms. The number of para-hydroxylation sites is 2. The molecule has 198 valence electrons. The zero-order valence-corrected chi connectivity index (χ0v) is 24.2. The fourth-order valence-electron chi connectivity index (χ4n) is 5.73. The summed E-state index contributed by atoms with van der Waals surface area (Å²) in [6.07, 6.45) is 15.9. The summed E-state index contributed by atoms with van der Waals surface area (Å²) in [7, 11) is 2.14. The summed E-state index contributed by atoms with van der Waals surface area (Å²) in [5.74, 6) is -0.751. The molecule has 2 aliphatic heterocycles. The van der Waals surface area contributed by atoms with Gasteiger partial charge in [-0.3, -0.25) is 4.79 Å².